The van der Waals surface area contributed by atoms with E-state index in [2.05, 4.69) is 25.6 Å². The summed E-state index contributed by atoms with van der Waals surface area (Å²) in [6, 6.07) is 16.4. The van der Waals surface area contributed by atoms with Crippen LogP contribution in [0.5, 0.6) is 0 Å². The summed E-state index contributed by atoms with van der Waals surface area (Å²) in [7, 11) is 0. The largest absolute Gasteiger partial charge is 0.359 e. The summed E-state index contributed by atoms with van der Waals surface area (Å²) < 4.78 is 5.47. The van der Waals surface area contributed by atoms with Gasteiger partial charge in [-0.05, 0) is 25.0 Å². The van der Waals surface area contributed by atoms with Crippen molar-refractivity contribution in [1.82, 2.24) is 20.7 Å². The Kier molecular flexibility index (Phi) is 4.70. The number of benzene rings is 1. The predicted octanol–water partition coefficient (Wildman–Crippen LogP) is 2.89. The van der Waals surface area contributed by atoms with Crippen LogP contribution in [0.25, 0.3) is 11.3 Å². The molecule has 128 valence electrons. The molecule has 1 aromatic carbocycles. The SMILES string of the molecule is c1ccc(-c2cc(CN[C@H]3CCCN(c4cccnn4)C3)on2)cc1. The fourth-order valence-electron chi connectivity index (χ4n) is 3.20. The molecule has 0 saturated carbocycles. The van der Waals surface area contributed by atoms with Crippen LogP contribution in [0.4, 0.5) is 5.82 Å². The Bertz CT molecular complexity index is 790. The quantitative estimate of drug-likeness (QED) is 0.773. The van der Waals surface area contributed by atoms with Crippen molar-refractivity contribution in [1.29, 1.82) is 0 Å². The lowest BCUT2D eigenvalue weighted by Gasteiger charge is -2.33. The summed E-state index contributed by atoms with van der Waals surface area (Å²) >= 11 is 0. The molecule has 3 heterocycles. The Morgan fingerprint density at radius 2 is 2.08 bits per heavy atom. The zero-order valence-corrected chi connectivity index (χ0v) is 14.0. The molecule has 1 aliphatic rings. The second kappa shape index (κ2) is 7.44. The number of nitrogens with one attached hydrogen (secondary N) is 1. The van der Waals surface area contributed by atoms with Gasteiger partial charge in [0.2, 0.25) is 0 Å². The zero-order valence-electron chi connectivity index (χ0n) is 14.0. The minimum absolute atomic E-state index is 0.404. The van der Waals surface area contributed by atoms with Gasteiger partial charge in [-0.2, -0.15) is 5.10 Å². The summed E-state index contributed by atoms with van der Waals surface area (Å²) in [5.41, 5.74) is 1.95. The molecule has 6 heteroatoms. The molecule has 1 aliphatic heterocycles. The van der Waals surface area contributed by atoms with Crippen molar-refractivity contribution in [3.8, 4) is 11.3 Å². The molecule has 0 spiro atoms. The summed E-state index contributed by atoms with van der Waals surface area (Å²) in [5.74, 6) is 1.80. The van der Waals surface area contributed by atoms with Crippen molar-refractivity contribution in [3.63, 3.8) is 0 Å². The number of nitrogens with zero attached hydrogens (tertiary/aromatic N) is 4. The number of anilines is 1. The lowest BCUT2D eigenvalue weighted by Crippen LogP contribution is -2.45. The van der Waals surface area contributed by atoms with Crippen LogP contribution in [0.3, 0.4) is 0 Å². The maximum absolute atomic E-state index is 5.47. The van der Waals surface area contributed by atoms with Crippen LogP contribution in [0, 0.1) is 0 Å². The van der Waals surface area contributed by atoms with E-state index in [4.69, 9.17) is 4.52 Å². The van der Waals surface area contributed by atoms with E-state index in [-0.39, 0.29) is 0 Å². The molecule has 6 nitrogen and oxygen atoms in total. The Hall–Kier alpha value is -2.73. The highest BCUT2D eigenvalue weighted by atomic mass is 16.5. The fraction of sp³-hybridized carbons (Fsp3) is 0.316. The molecule has 1 N–H and O–H groups in total. The lowest BCUT2D eigenvalue weighted by atomic mass is 10.1. The van der Waals surface area contributed by atoms with Gasteiger partial charge >= 0.3 is 0 Å². The molecule has 0 aliphatic carbocycles. The first-order chi connectivity index (χ1) is 12.4. The molecule has 25 heavy (non-hydrogen) atoms. The van der Waals surface area contributed by atoms with Gasteiger partial charge in [0.25, 0.3) is 0 Å². The third-order valence-corrected chi connectivity index (χ3v) is 4.50. The van der Waals surface area contributed by atoms with Crippen LogP contribution in [0.1, 0.15) is 18.6 Å². The van der Waals surface area contributed by atoms with Crippen LogP contribution in [0.2, 0.25) is 0 Å². The zero-order chi connectivity index (χ0) is 16.9. The summed E-state index contributed by atoms with van der Waals surface area (Å²) in [6.07, 6.45) is 3.99. The smallest absolute Gasteiger partial charge is 0.151 e. The van der Waals surface area contributed by atoms with Crippen LogP contribution < -0.4 is 10.2 Å². The molecule has 1 saturated heterocycles. The number of hydrogen-bond donors (Lipinski definition) is 1. The van der Waals surface area contributed by atoms with E-state index >= 15 is 0 Å². The minimum Gasteiger partial charge on any atom is -0.359 e. The van der Waals surface area contributed by atoms with Crippen molar-refractivity contribution in [3.05, 3.63) is 60.5 Å². The molecule has 0 bridgehead atoms. The maximum atomic E-state index is 5.47. The van der Waals surface area contributed by atoms with Crippen molar-refractivity contribution in [2.45, 2.75) is 25.4 Å². The van der Waals surface area contributed by atoms with E-state index < -0.39 is 0 Å². The lowest BCUT2D eigenvalue weighted by molar-refractivity contribution is 0.350. The van der Waals surface area contributed by atoms with Gasteiger partial charge in [0.15, 0.2) is 11.6 Å². The standard InChI is InChI=1S/C19H21N5O/c1-2-6-15(7-3-1)18-12-17(25-23-18)13-20-16-8-5-11-24(14-16)19-9-4-10-21-22-19/h1-4,6-7,9-10,12,16,20H,5,8,11,13-14H2/t16-/m0/s1. The summed E-state index contributed by atoms with van der Waals surface area (Å²) in [6.45, 7) is 2.63. The second-order valence-corrected chi connectivity index (χ2v) is 6.29. The molecular weight excluding hydrogens is 314 g/mol. The van der Waals surface area contributed by atoms with Gasteiger partial charge in [0.1, 0.15) is 5.69 Å². The van der Waals surface area contributed by atoms with E-state index in [0.717, 1.165) is 48.8 Å². The number of rotatable bonds is 5. The number of aromatic nitrogens is 3. The number of piperidine rings is 1. The average molecular weight is 335 g/mol. The monoisotopic (exact) mass is 335 g/mol. The molecule has 0 radical (unpaired) electrons. The summed E-state index contributed by atoms with van der Waals surface area (Å²) in [5, 5.41) is 15.9. The Morgan fingerprint density at radius 1 is 1.16 bits per heavy atom. The highest BCUT2D eigenvalue weighted by molar-refractivity contribution is 5.58. The average Bonchev–Trinajstić information content (AvgIpc) is 3.17. The first-order valence-corrected chi connectivity index (χ1v) is 8.65. The molecule has 4 rings (SSSR count). The molecular formula is C19H21N5O. The molecule has 0 unspecified atom stereocenters. The third kappa shape index (κ3) is 3.85. The third-order valence-electron chi connectivity index (χ3n) is 4.50. The van der Waals surface area contributed by atoms with Gasteiger partial charge in [0, 0.05) is 37.0 Å². The predicted molar refractivity (Wildman–Crippen MR) is 96.0 cm³/mol. The Morgan fingerprint density at radius 3 is 2.92 bits per heavy atom. The Labute approximate surface area is 146 Å². The molecule has 2 aromatic heterocycles. The van der Waals surface area contributed by atoms with Gasteiger partial charge in [-0.25, -0.2) is 0 Å². The van der Waals surface area contributed by atoms with Crippen LogP contribution in [-0.2, 0) is 6.54 Å². The Balaban J connectivity index is 1.35. The van der Waals surface area contributed by atoms with E-state index in [1.165, 1.54) is 0 Å². The molecule has 3 aromatic rings. The topological polar surface area (TPSA) is 67.1 Å². The minimum atomic E-state index is 0.404. The van der Waals surface area contributed by atoms with Gasteiger partial charge in [0.05, 0.1) is 6.54 Å². The fourth-order valence-corrected chi connectivity index (χ4v) is 3.20. The van der Waals surface area contributed by atoms with E-state index in [9.17, 15) is 0 Å². The highest BCUT2D eigenvalue weighted by Crippen LogP contribution is 2.20. The van der Waals surface area contributed by atoms with E-state index in [1.54, 1.807) is 6.20 Å². The van der Waals surface area contributed by atoms with Gasteiger partial charge in [-0.1, -0.05) is 35.5 Å². The van der Waals surface area contributed by atoms with Crippen molar-refractivity contribution in [2.24, 2.45) is 0 Å². The maximum Gasteiger partial charge on any atom is 0.151 e. The number of hydrogen-bond acceptors (Lipinski definition) is 6. The van der Waals surface area contributed by atoms with Crippen LogP contribution >= 0.6 is 0 Å². The van der Waals surface area contributed by atoms with Gasteiger partial charge in [-0.3, -0.25) is 0 Å². The second-order valence-electron chi connectivity index (χ2n) is 6.29. The van der Waals surface area contributed by atoms with Gasteiger partial charge in [-0.15, -0.1) is 5.10 Å². The summed E-state index contributed by atoms with van der Waals surface area (Å²) in [4.78, 5) is 2.28. The van der Waals surface area contributed by atoms with E-state index in [0.29, 0.717) is 12.6 Å². The molecule has 0 amide bonds. The van der Waals surface area contributed by atoms with Crippen LogP contribution in [-0.4, -0.2) is 34.5 Å². The normalized spacial score (nSPS) is 17.6. The van der Waals surface area contributed by atoms with E-state index in [1.807, 2.05) is 48.5 Å². The first-order valence-electron chi connectivity index (χ1n) is 8.65. The van der Waals surface area contributed by atoms with Crippen molar-refractivity contribution in [2.75, 3.05) is 18.0 Å². The van der Waals surface area contributed by atoms with Crippen molar-refractivity contribution < 1.29 is 4.52 Å². The molecule has 1 fully saturated rings. The highest BCUT2D eigenvalue weighted by Gasteiger charge is 2.21. The van der Waals surface area contributed by atoms with Crippen LogP contribution in [0.15, 0.2) is 59.3 Å². The molecule has 1 atom stereocenters. The van der Waals surface area contributed by atoms with Crippen molar-refractivity contribution >= 4 is 5.82 Å². The first kappa shape index (κ1) is 15.8. The van der Waals surface area contributed by atoms with Gasteiger partial charge < -0.3 is 14.7 Å².